The van der Waals surface area contributed by atoms with Crippen molar-refractivity contribution >= 4 is 23.7 Å². The molecule has 2 aromatic carbocycles. The molecule has 0 aromatic heterocycles. The second-order valence-corrected chi connectivity index (χ2v) is 7.18. The number of hydrogen-bond acceptors (Lipinski definition) is 4. The van der Waals surface area contributed by atoms with E-state index in [1.54, 1.807) is 12.1 Å². The van der Waals surface area contributed by atoms with Gasteiger partial charge in [-0.05, 0) is 36.3 Å². The molecule has 150 valence electrons. The van der Waals surface area contributed by atoms with E-state index in [-0.39, 0.29) is 18.1 Å². The predicted molar refractivity (Wildman–Crippen MR) is 108 cm³/mol. The van der Waals surface area contributed by atoms with Crippen molar-refractivity contribution in [2.45, 2.75) is 13.5 Å². The maximum Gasteiger partial charge on any atom is 0.329 e. The van der Waals surface area contributed by atoms with Crippen LogP contribution in [-0.4, -0.2) is 43.1 Å². The second-order valence-electron chi connectivity index (χ2n) is 7.18. The molecule has 0 radical (unpaired) electrons. The first kappa shape index (κ1) is 19.1. The molecule has 3 amide bonds. The van der Waals surface area contributed by atoms with E-state index in [2.05, 4.69) is 5.32 Å². The van der Waals surface area contributed by atoms with Crippen LogP contribution in [0.3, 0.4) is 0 Å². The lowest BCUT2D eigenvalue weighted by atomic mass is 10.1. The number of benzene rings is 2. The lowest BCUT2D eigenvalue weighted by Crippen LogP contribution is -2.36. The topological polar surface area (TPSA) is 61.9 Å². The predicted octanol–water partition coefficient (Wildman–Crippen LogP) is 3.06. The fourth-order valence-electron chi connectivity index (χ4n) is 3.43. The first-order valence-corrected chi connectivity index (χ1v) is 9.53. The Labute approximate surface area is 168 Å². The lowest BCUT2D eigenvalue weighted by Gasteiger charge is -2.29. The summed E-state index contributed by atoms with van der Waals surface area (Å²) in [6.07, 6.45) is 1.50. The summed E-state index contributed by atoms with van der Waals surface area (Å²) in [6.45, 7) is 4.58. The molecule has 1 N–H and O–H groups in total. The van der Waals surface area contributed by atoms with Crippen LogP contribution < -0.4 is 10.2 Å². The number of nitrogens with zero attached hydrogens (tertiary/aromatic N) is 2. The lowest BCUT2D eigenvalue weighted by molar-refractivity contribution is -0.123. The van der Waals surface area contributed by atoms with Gasteiger partial charge in [0.15, 0.2) is 0 Å². The van der Waals surface area contributed by atoms with Crippen LogP contribution in [0.25, 0.3) is 6.08 Å². The van der Waals surface area contributed by atoms with Gasteiger partial charge < -0.3 is 15.0 Å². The number of carbonyl (C=O) groups excluding carboxylic acids is 2. The Balaban J connectivity index is 1.50. The van der Waals surface area contributed by atoms with Crippen molar-refractivity contribution in [3.8, 4) is 0 Å². The molecule has 0 bridgehead atoms. The molecule has 0 atom stereocenters. The van der Waals surface area contributed by atoms with E-state index in [4.69, 9.17) is 4.74 Å². The quantitative estimate of drug-likeness (QED) is 0.639. The molecule has 2 heterocycles. The third kappa shape index (κ3) is 4.14. The minimum atomic E-state index is -0.479. The minimum Gasteiger partial charge on any atom is -0.378 e. The zero-order chi connectivity index (χ0) is 20.4. The molecule has 0 spiro atoms. The molecule has 0 aliphatic carbocycles. The number of amides is 3. The van der Waals surface area contributed by atoms with Gasteiger partial charge in [0.1, 0.15) is 11.5 Å². The van der Waals surface area contributed by atoms with Crippen LogP contribution in [0.5, 0.6) is 0 Å². The molecule has 2 saturated heterocycles. The number of rotatable bonds is 4. The van der Waals surface area contributed by atoms with Crippen LogP contribution in [0.1, 0.15) is 16.7 Å². The van der Waals surface area contributed by atoms with Crippen LogP contribution in [0.15, 0.2) is 48.2 Å². The average Bonchev–Trinajstić information content (AvgIpc) is 2.98. The maximum atomic E-state index is 14.6. The minimum absolute atomic E-state index is 0.139. The van der Waals surface area contributed by atoms with E-state index in [1.807, 2.05) is 36.1 Å². The third-order valence-electron chi connectivity index (χ3n) is 5.06. The van der Waals surface area contributed by atoms with Crippen LogP contribution in [0.2, 0.25) is 0 Å². The van der Waals surface area contributed by atoms with E-state index < -0.39 is 11.9 Å². The van der Waals surface area contributed by atoms with Crippen LogP contribution >= 0.6 is 0 Å². The van der Waals surface area contributed by atoms with Crippen molar-refractivity contribution < 1.29 is 18.7 Å². The zero-order valence-corrected chi connectivity index (χ0v) is 16.2. The molecular formula is C22H22FN3O3. The number of nitrogens with one attached hydrogen (secondary N) is 1. The van der Waals surface area contributed by atoms with Crippen molar-refractivity contribution in [1.82, 2.24) is 10.2 Å². The van der Waals surface area contributed by atoms with Gasteiger partial charge in [-0.3, -0.25) is 9.69 Å². The number of ether oxygens (including phenoxy) is 1. The highest BCUT2D eigenvalue weighted by atomic mass is 19.1. The summed E-state index contributed by atoms with van der Waals surface area (Å²) in [4.78, 5) is 28.0. The zero-order valence-electron chi connectivity index (χ0n) is 16.2. The van der Waals surface area contributed by atoms with Gasteiger partial charge in [0.05, 0.1) is 25.4 Å². The molecule has 2 fully saturated rings. The Kier molecular flexibility index (Phi) is 5.31. The number of imide groups is 1. The molecular weight excluding hydrogens is 373 g/mol. The summed E-state index contributed by atoms with van der Waals surface area (Å²) in [6, 6.07) is 12.0. The number of urea groups is 1. The Morgan fingerprint density at radius 2 is 1.83 bits per heavy atom. The van der Waals surface area contributed by atoms with Gasteiger partial charge in [-0.2, -0.15) is 0 Å². The van der Waals surface area contributed by atoms with E-state index in [9.17, 15) is 14.0 Å². The van der Waals surface area contributed by atoms with E-state index in [1.165, 1.54) is 12.1 Å². The van der Waals surface area contributed by atoms with E-state index in [0.717, 1.165) is 16.0 Å². The van der Waals surface area contributed by atoms with E-state index in [0.29, 0.717) is 37.6 Å². The maximum absolute atomic E-state index is 14.6. The summed E-state index contributed by atoms with van der Waals surface area (Å²) in [7, 11) is 0. The Bertz CT molecular complexity index is 966. The first-order valence-electron chi connectivity index (χ1n) is 9.53. The van der Waals surface area contributed by atoms with Gasteiger partial charge in [-0.1, -0.05) is 35.9 Å². The number of morpholine rings is 1. The first-order chi connectivity index (χ1) is 14.0. The summed E-state index contributed by atoms with van der Waals surface area (Å²) >= 11 is 0. The molecule has 0 saturated carbocycles. The SMILES string of the molecule is Cc1ccc(CN2C(=O)N/C(=C\c3ccc(N4CCOCC4)c(F)c3)C2=O)cc1. The van der Waals surface area contributed by atoms with E-state index >= 15 is 0 Å². The van der Waals surface area contributed by atoms with Crippen LogP contribution in [0.4, 0.5) is 14.9 Å². The van der Waals surface area contributed by atoms with Gasteiger partial charge in [0, 0.05) is 13.1 Å². The molecule has 2 aliphatic rings. The highest BCUT2D eigenvalue weighted by Crippen LogP contribution is 2.24. The van der Waals surface area contributed by atoms with Gasteiger partial charge >= 0.3 is 6.03 Å². The largest absolute Gasteiger partial charge is 0.378 e. The number of hydrogen-bond donors (Lipinski definition) is 1. The molecule has 7 heteroatoms. The van der Waals surface area contributed by atoms with Crippen LogP contribution in [-0.2, 0) is 16.1 Å². The summed E-state index contributed by atoms with van der Waals surface area (Å²) < 4.78 is 19.9. The molecule has 6 nitrogen and oxygen atoms in total. The van der Waals surface area contributed by atoms with Crippen molar-refractivity contribution in [3.05, 3.63) is 70.7 Å². The van der Waals surface area contributed by atoms with Gasteiger partial charge in [-0.25, -0.2) is 9.18 Å². The fraction of sp³-hybridized carbons (Fsp3) is 0.273. The van der Waals surface area contributed by atoms with Crippen molar-refractivity contribution in [2.24, 2.45) is 0 Å². The van der Waals surface area contributed by atoms with Crippen molar-refractivity contribution in [2.75, 3.05) is 31.2 Å². The van der Waals surface area contributed by atoms with Gasteiger partial charge in [0.25, 0.3) is 5.91 Å². The highest BCUT2D eigenvalue weighted by Gasteiger charge is 2.33. The monoisotopic (exact) mass is 395 g/mol. The second kappa shape index (κ2) is 8.05. The number of halogens is 1. The summed E-state index contributed by atoms with van der Waals surface area (Å²) in [5.41, 5.74) is 3.13. The Morgan fingerprint density at radius 3 is 2.52 bits per heavy atom. The third-order valence-corrected chi connectivity index (χ3v) is 5.06. The van der Waals surface area contributed by atoms with Crippen molar-refractivity contribution in [3.63, 3.8) is 0 Å². The number of aryl methyl sites for hydroxylation is 1. The molecule has 4 rings (SSSR count). The van der Waals surface area contributed by atoms with Crippen LogP contribution in [0, 0.1) is 12.7 Å². The average molecular weight is 395 g/mol. The fourth-order valence-corrected chi connectivity index (χ4v) is 3.43. The number of anilines is 1. The number of carbonyl (C=O) groups is 2. The summed E-state index contributed by atoms with van der Waals surface area (Å²) in [5.74, 6) is -0.789. The summed E-state index contributed by atoms with van der Waals surface area (Å²) in [5, 5.41) is 2.58. The molecule has 2 aliphatic heterocycles. The molecule has 2 aromatic rings. The highest BCUT2D eigenvalue weighted by molar-refractivity contribution is 6.13. The normalized spacial score (nSPS) is 18.5. The van der Waals surface area contributed by atoms with Gasteiger partial charge in [0.2, 0.25) is 0 Å². The van der Waals surface area contributed by atoms with Crippen molar-refractivity contribution in [1.29, 1.82) is 0 Å². The Hall–Kier alpha value is -3.19. The van der Waals surface area contributed by atoms with Gasteiger partial charge in [-0.15, -0.1) is 0 Å². The standard InChI is InChI=1S/C22H22FN3O3/c1-15-2-4-16(5-3-15)14-26-21(27)19(24-22(26)28)13-17-6-7-20(18(23)12-17)25-8-10-29-11-9-25/h2-7,12-13H,8-11,14H2,1H3,(H,24,28)/b19-13-. The molecule has 29 heavy (non-hydrogen) atoms. The Morgan fingerprint density at radius 1 is 1.10 bits per heavy atom. The molecule has 0 unspecified atom stereocenters. The smallest absolute Gasteiger partial charge is 0.329 e.